The van der Waals surface area contributed by atoms with E-state index in [1.54, 1.807) is 28.7 Å². The first kappa shape index (κ1) is 18.0. The van der Waals surface area contributed by atoms with Gasteiger partial charge in [-0.15, -0.1) is 27.7 Å². The lowest BCUT2D eigenvalue weighted by molar-refractivity contribution is 0.641. The molecule has 0 saturated carbocycles. The molecule has 132 valence electrons. The molecule has 28 heavy (non-hydrogen) atoms. The summed E-state index contributed by atoms with van der Waals surface area (Å²) >= 11 is 4.79. The molecule has 0 atom stereocenters. The number of hydrogen-bond donors (Lipinski definition) is 0. The molecule has 6 nitrogen and oxygen atoms in total. The highest BCUT2D eigenvalue weighted by Gasteiger charge is 2.40. The average molecular weight is 417 g/mol. The number of aliphatic imine (C=N–C) groups is 2. The first-order valence-corrected chi connectivity index (χ1v) is 10.3. The number of rotatable bonds is 2. The molecule has 9 heteroatoms. The van der Waals surface area contributed by atoms with Crippen LogP contribution < -0.4 is 0 Å². The average Bonchev–Trinajstić information content (AvgIpc) is 3.36. The Bertz CT molecular complexity index is 1400. The SMILES string of the molecule is [C-]#[N+]C(C#N)=NC1=Cc2sc3c(sc4cc(N=C(C#N)[N+]#[C-])sc43)c2C1(C)C. The van der Waals surface area contributed by atoms with E-state index in [4.69, 9.17) is 23.7 Å². The molecule has 0 amide bonds. The molecule has 3 heterocycles. The summed E-state index contributed by atoms with van der Waals surface area (Å²) in [7, 11) is 0. The molecule has 0 radical (unpaired) electrons. The summed E-state index contributed by atoms with van der Waals surface area (Å²) < 4.78 is 4.52. The molecule has 0 fully saturated rings. The van der Waals surface area contributed by atoms with Gasteiger partial charge in [0.15, 0.2) is 0 Å². The minimum atomic E-state index is -0.396. The Hall–Kier alpha value is -3.34. The topological polar surface area (TPSA) is 81.0 Å². The van der Waals surface area contributed by atoms with Gasteiger partial charge < -0.3 is 9.69 Å². The third kappa shape index (κ3) is 2.54. The Morgan fingerprint density at radius 2 is 1.68 bits per heavy atom. The van der Waals surface area contributed by atoms with Crippen LogP contribution in [0.2, 0.25) is 0 Å². The normalized spacial score (nSPS) is 15.6. The molecule has 3 aromatic heterocycles. The van der Waals surface area contributed by atoms with Gasteiger partial charge in [-0.05, 0) is 13.8 Å². The Kier molecular flexibility index (Phi) is 4.11. The minimum Gasteiger partial charge on any atom is -0.351 e. The van der Waals surface area contributed by atoms with Gasteiger partial charge in [0, 0.05) is 22.6 Å². The third-order valence-electron chi connectivity index (χ3n) is 4.38. The molecule has 0 saturated heterocycles. The Balaban J connectivity index is 1.88. The van der Waals surface area contributed by atoms with E-state index >= 15 is 0 Å². The van der Waals surface area contributed by atoms with Crippen molar-refractivity contribution in [2.75, 3.05) is 0 Å². The van der Waals surface area contributed by atoms with E-state index < -0.39 is 5.41 Å². The van der Waals surface area contributed by atoms with E-state index in [2.05, 4.69) is 33.5 Å². The van der Waals surface area contributed by atoms with Crippen LogP contribution >= 0.6 is 34.0 Å². The fourth-order valence-corrected chi connectivity index (χ4v) is 7.49. The Morgan fingerprint density at radius 1 is 1.00 bits per heavy atom. The van der Waals surface area contributed by atoms with E-state index in [0.717, 1.165) is 24.7 Å². The van der Waals surface area contributed by atoms with Crippen molar-refractivity contribution >= 4 is 75.6 Å². The zero-order valence-electron chi connectivity index (χ0n) is 14.6. The zero-order valence-corrected chi connectivity index (χ0v) is 17.0. The van der Waals surface area contributed by atoms with Crippen molar-refractivity contribution < 1.29 is 0 Å². The van der Waals surface area contributed by atoms with E-state index in [9.17, 15) is 0 Å². The lowest BCUT2D eigenvalue weighted by Crippen LogP contribution is -2.16. The van der Waals surface area contributed by atoms with Gasteiger partial charge >= 0.3 is 11.7 Å². The second-order valence-electron chi connectivity index (χ2n) is 6.35. The number of hydrogen-bond acceptors (Lipinski definition) is 7. The summed E-state index contributed by atoms with van der Waals surface area (Å²) in [6.07, 6.45) is 1.96. The molecule has 0 N–H and O–H groups in total. The van der Waals surface area contributed by atoms with Crippen LogP contribution in [0, 0.1) is 35.8 Å². The van der Waals surface area contributed by atoms with Gasteiger partial charge in [-0.25, -0.2) is 10.5 Å². The number of amidine groups is 2. The van der Waals surface area contributed by atoms with Crippen LogP contribution in [0.1, 0.15) is 24.3 Å². The van der Waals surface area contributed by atoms with Crippen LogP contribution in [-0.4, -0.2) is 11.7 Å². The second-order valence-corrected chi connectivity index (χ2v) is 9.49. The van der Waals surface area contributed by atoms with Crippen molar-refractivity contribution in [1.29, 1.82) is 10.5 Å². The molecule has 0 spiro atoms. The highest BCUT2D eigenvalue weighted by Crippen LogP contribution is 2.55. The van der Waals surface area contributed by atoms with Gasteiger partial charge in [-0.2, -0.15) is 0 Å². The molecular formula is C19H8N6S3. The number of nitriles is 2. The molecule has 0 unspecified atom stereocenters. The summed E-state index contributed by atoms with van der Waals surface area (Å²) in [5.41, 5.74) is 1.50. The van der Waals surface area contributed by atoms with E-state index in [-0.39, 0.29) is 11.7 Å². The summed E-state index contributed by atoms with van der Waals surface area (Å²) in [5, 5.41) is 18.6. The lowest BCUT2D eigenvalue weighted by Gasteiger charge is -2.17. The summed E-state index contributed by atoms with van der Waals surface area (Å²) in [6.45, 7) is 18.1. The Labute approximate surface area is 172 Å². The molecule has 0 aliphatic heterocycles. The fraction of sp³-hybridized carbons (Fsp3) is 0.158. The quantitative estimate of drug-likeness (QED) is 0.286. The minimum absolute atomic E-state index is 0.159. The predicted molar refractivity (Wildman–Crippen MR) is 115 cm³/mol. The van der Waals surface area contributed by atoms with Crippen LogP contribution in [0.15, 0.2) is 21.7 Å². The summed E-state index contributed by atoms with van der Waals surface area (Å²) in [5.74, 6) is -0.327. The second kappa shape index (κ2) is 6.37. The van der Waals surface area contributed by atoms with Gasteiger partial charge in [0.25, 0.3) is 0 Å². The number of allylic oxidation sites excluding steroid dienone is 1. The van der Waals surface area contributed by atoms with Gasteiger partial charge in [0.1, 0.15) is 17.8 Å². The molecule has 4 rings (SSSR count). The number of thiophene rings is 3. The van der Waals surface area contributed by atoms with Crippen molar-refractivity contribution in [3.05, 3.63) is 45.0 Å². The van der Waals surface area contributed by atoms with Gasteiger partial charge in [0.05, 0.1) is 24.2 Å². The fourth-order valence-electron chi connectivity index (χ4n) is 3.11. The van der Waals surface area contributed by atoms with Crippen molar-refractivity contribution in [3.63, 3.8) is 0 Å². The smallest absolute Gasteiger partial charge is 0.350 e. The molecule has 0 bridgehead atoms. The monoisotopic (exact) mass is 416 g/mol. The van der Waals surface area contributed by atoms with Crippen LogP contribution in [0.5, 0.6) is 0 Å². The summed E-state index contributed by atoms with van der Waals surface area (Å²) in [6, 6.07) is 5.53. The van der Waals surface area contributed by atoms with Crippen LogP contribution in [0.25, 0.3) is 34.6 Å². The van der Waals surface area contributed by atoms with Crippen LogP contribution in [0.3, 0.4) is 0 Å². The first-order chi connectivity index (χ1) is 13.4. The van der Waals surface area contributed by atoms with Gasteiger partial charge in [-0.1, -0.05) is 29.5 Å². The maximum Gasteiger partial charge on any atom is 0.350 e. The summed E-state index contributed by atoms with van der Waals surface area (Å²) in [4.78, 5) is 15.7. The van der Waals surface area contributed by atoms with E-state index in [1.807, 2.05) is 18.2 Å². The number of nitrogens with zero attached hydrogens (tertiary/aromatic N) is 6. The maximum atomic E-state index is 9.02. The predicted octanol–water partition coefficient (Wildman–Crippen LogP) is 6.12. The van der Waals surface area contributed by atoms with Gasteiger partial charge in [-0.3, -0.25) is 0 Å². The molecule has 0 aromatic carbocycles. The van der Waals surface area contributed by atoms with Crippen molar-refractivity contribution in [3.8, 4) is 12.1 Å². The van der Waals surface area contributed by atoms with Crippen molar-refractivity contribution in [2.45, 2.75) is 19.3 Å². The molecule has 1 aliphatic rings. The lowest BCUT2D eigenvalue weighted by atomic mass is 9.86. The van der Waals surface area contributed by atoms with E-state index in [1.165, 1.54) is 21.6 Å². The Morgan fingerprint density at radius 3 is 2.32 bits per heavy atom. The van der Waals surface area contributed by atoms with Crippen LogP contribution in [0.4, 0.5) is 5.00 Å². The largest absolute Gasteiger partial charge is 0.351 e. The third-order valence-corrected chi connectivity index (χ3v) is 8.12. The van der Waals surface area contributed by atoms with Crippen molar-refractivity contribution in [2.24, 2.45) is 9.98 Å². The molecule has 3 aromatic rings. The molecular weight excluding hydrogens is 408 g/mol. The maximum absolute atomic E-state index is 9.02. The van der Waals surface area contributed by atoms with Crippen LogP contribution in [-0.2, 0) is 5.41 Å². The molecule has 1 aliphatic carbocycles. The first-order valence-electron chi connectivity index (χ1n) is 7.87. The highest BCUT2D eigenvalue weighted by molar-refractivity contribution is 7.39. The van der Waals surface area contributed by atoms with Gasteiger partial charge in [0.2, 0.25) is 5.00 Å². The zero-order chi connectivity index (χ0) is 20.1. The highest BCUT2D eigenvalue weighted by atomic mass is 32.1. The van der Waals surface area contributed by atoms with E-state index in [0.29, 0.717) is 5.00 Å². The standard InChI is InChI=1S/C19H8N6S3/c1-19(2)11(24-12(7-20)22-3)5-9-15(19)17-18(26-9)16-10(27-17)6-14(28-16)25-13(8-21)23-4/h5-6H,1-2H3. The number of fused-ring (bicyclic) bond motifs is 5. The van der Waals surface area contributed by atoms with Crippen molar-refractivity contribution in [1.82, 2.24) is 0 Å².